The minimum absolute atomic E-state index is 0.0994. The minimum Gasteiger partial charge on any atom is -0.341 e. The Morgan fingerprint density at radius 2 is 2.16 bits per heavy atom. The van der Waals surface area contributed by atoms with Crippen LogP contribution in [-0.4, -0.2) is 9.97 Å². The normalized spacial score (nSPS) is 12.9. The largest absolute Gasteiger partial charge is 0.341 e. The van der Waals surface area contributed by atoms with Crippen molar-refractivity contribution in [3.63, 3.8) is 0 Å². The van der Waals surface area contributed by atoms with E-state index in [0.29, 0.717) is 10.4 Å². The Hall–Kier alpha value is -1.20. The molecule has 0 bridgehead atoms. The van der Waals surface area contributed by atoms with Crippen LogP contribution in [0.3, 0.4) is 0 Å². The SMILES string of the molecule is CC(C)CC(N)c1ncc(-c2ccc(F)c(Br)c2)[nH]1. The highest BCUT2D eigenvalue weighted by molar-refractivity contribution is 9.10. The van der Waals surface area contributed by atoms with Crippen molar-refractivity contribution in [1.29, 1.82) is 0 Å². The molecule has 102 valence electrons. The van der Waals surface area contributed by atoms with E-state index in [2.05, 4.69) is 39.7 Å². The van der Waals surface area contributed by atoms with E-state index in [1.807, 2.05) is 0 Å². The molecule has 3 N–H and O–H groups in total. The molecule has 19 heavy (non-hydrogen) atoms. The summed E-state index contributed by atoms with van der Waals surface area (Å²) in [5, 5.41) is 0. The van der Waals surface area contributed by atoms with Gasteiger partial charge in [0.1, 0.15) is 11.6 Å². The van der Waals surface area contributed by atoms with Crippen LogP contribution in [0.4, 0.5) is 4.39 Å². The highest BCUT2D eigenvalue weighted by Gasteiger charge is 2.13. The second-order valence-corrected chi connectivity index (χ2v) is 5.90. The molecular weight excluding hydrogens is 309 g/mol. The predicted octanol–water partition coefficient (Wildman–Crippen LogP) is 4.02. The summed E-state index contributed by atoms with van der Waals surface area (Å²) in [6, 6.07) is 4.76. The second kappa shape index (κ2) is 5.84. The van der Waals surface area contributed by atoms with E-state index in [-0.39, 0.29) is 11.9 Å². The molecular formula is C14H17BrFN3. The van der Waals surface area contributed by atoms with Crippen LogP contribution in [-0.2, 0) is 0 Å². The lowest BCUT2D eigenvalue weighted by atomic mass is 10.0. The summed E-state index contributed by atoms with van der Waals surface area (Å²) >= 11 is 3.18. The Morgan fingerprint density at radius 3 is 2.79 bits per heavy atom. The fourth-order valence-electron chi connectivity index (χ4n) is 1.95. The van der Waals surface area contributed by atoms with Gasteiger partial charge in [-0.3, -0.25) is 0 Å². The minimum atomic E-state index is -0.278. The van der Waals surface area contributed by atoms with Gasteiger partial charge in [0.15, 0.2) is 0 Å². The van der Waals surface area contributed by atoms with E-state index in [4.69, 9.17) is 5.73 Å². The van der Waals surface area contributed by atoms with Gasteiger partial charge in [0.2, 0.25) is 0 Å². The van der Waals surface area contributed by atoms with Gasteiger partial charge in [0.25, 0.3) is 0 Å². The Labute approximate surface area is 120 Å². The molecule has 1 atom stereocenters. The molecule has 1 aromatic carbocycles. The van der Waals surface area contributed by atoms with E-state index in [0.717, 1.165) is 23.5 Å². The molecule has 0 aliphatic carbocycles. The van der Waals surface area contributed by atoms with Crippen LogP contribution in [0.2, 0.25) is 0 Å². The van der Waals surface area contributed by atoms with Gasteiger partial charge in [0, 0.05) is 5.56 Å². The van der Waals surface area contributed by atoms with Crippen molar-refractivity contribution >= 4 is 15.9 Å². The zero-order chi connectivity index (χ0) is 14.0. The predicted molar refractivity (Wildman–Crippen MR) is 78.1 cm³/mol. The molecule has 0 radical (unpaired) electrons. The maximum atomic E-state index is 13.2. The standard InChI is InChI=1S/C14H17BrFN3/c1-8(2)5-12(17)14-18-7-13(19-14)9-3-4-11(16)10(15)6-9/h3-4,6-8,12H,5,17H2,1-2H3,(H,18,19). The lowest BCUT2D eigenvalue weighted by Gasteiger charge is -2.11. The van der Waals surface area contributed by atoms with Crippen molar-refractivity contribution in [1.82, 2.24) is 9.97 Å². The number of H-pyrrole nitrogens is 1. The third-order valence-corrected chi connectivity index (χ3v) is 3.51. The monoisotopic (exact) mass is 325 g/mol. The number of aromatic amines is 1. The van der Waals surface area contributed by atoms with Crippen molar-refractivity contribution in [3.05, 3.63) is 40.5 Å². The van der Waals surface area contributed by atoms with Crippen LogP contribution in [0, 0.1) is 11.7 Å². The van der Waals surface area contributed by atoms with Crippen molar-refractivity contribution in [2.24, 2.45) is 11.7 Å². The number of nitrogens with zero attached hydrogens (tertiary/aromatic N) is 1. The molecule has 3 nitrogen and oxygen atoms in total. The average Bonchev–Trinajstić information content (AvgIpc) is 2.81. The number of nitrogens with one attached hydrogen (secondary N) is 1. The summed E-state index contributed by atoms with van der Waals surface area (Å²) in [5.74, 6) is 1.01. The van der Waals surface area contributed by atoms with Crippen LogP contribution in [0.25, 0.3) is 11.3 Å². The lowest BCUT2D eigenvalue weighted by Crippen LogP contribution is -2.14. The van der Waals surface area contributed by atoms with E-state index in [1.165, 1.54) is 6.07 Å². The number of hydrogen-bond acceptors (Lipinski definition) is 2. The molecule has 0 spiro atoms. The van der Waals surface area contributed by atoms with Gasteiger partial charge in [-0.1, -0.05) is 13.8 Å². The van der Waals surface area contributed by atoms with E-state index in [1.54, 1.807) is 18.3 Å². The van der Waals surface area contributed by atoms with Gasteiger partial charge < -0.3 is 10.7 Å². The number of rotatable bonds is 4. The topological polar surface area (TPSA) is 54.7 Å². The van der Waals surface area contributed by atoms with Crippen LogP contribution < -0.4 is 5.73 Å². The number of nitrogens with two attached hydrogens (primary N) is 1. The fraction of sp³-hybridized carbons (Fsp3) is 0.357. The molecule has 0 aliphatic rings. The maximum Gasteiger partial charge on any atom is 0.137 e. The Balaban J connectivity index is 2.22. The molecule has 2 aromatic rings. The molecule has 0 amide bonds. The number of halogens is 2. The highest BCUT2D eigenvalue weighted by Crippen LogP contribution is 2.25. The number of hydrogen-bond donors (Lipinski definition) is 2. The Bertz CT molecular complexity index is 566. The summed E-state index contributed by atoms with van der Waals surface area (Å²) in [5.41, 5.74) is 7.80. The zero-order valence-electron chi connectivity index (χ0n) is 11.0. The second-order valence-electron chi connectivity index (χ2n) is 5.05. The third-order valence-electron chi connectivity index (χ3n) is 2.90. The molecule has 5 heteroatoms. The average molecular weight is 326 g/mol. The Kier molecular flexibility index (Phi) is 4.37. The molecule has 0 saturated carbocycles. The summed E-state index contributed by atoms with van der Waals surface area (Å²) in [6.07, 6.45) is 2.61. The summed E-state index contributed by atoms with van der Waals surface area (Å²) in [6.45, 7) is 4.25. The molecule has 2 rings (SSSR count). The van der Waals surface area contributed by atoms with Crippen molar-refractivity contribution in [3.8, 4) is 11.3 Å². The molecule has 1 heterocycles. The first kappa shape index (κ1) is 14.2. The molecule has 1 aromatic heterocycles. The molecule has 0 saturated heterocycles. The quantitative estimate of drug-likeness (QED) is 0.891. The highest BCUT2D eigenvalue weighted by atomic mass is 79.9. The zero-order valence-corrected chi connectivity index (χ0v) is 12.5. The van der Waals surface area contributed by atoms with Crippen LogP contribution in [0.15, 0.2) is 28.9 Å². The summed E-state index contributed by atoms with van der Waals surface area (Å²) in [7, 11) is 0. The first-order valence-corrected chi connectivity index (χ1v) is 7.02. The first-order valence-electron chi connectivity index (χ1n) is 6.23. The maximum absolute atomic E-state index is 13.2. The van der Waals surface area contributed by atoms with Crippen molar-refractivity contribution in [2.45, 2.75) is 26.3 Å². The van der Waals surface area contributed by atoms with Crippen LogP contribution >= 0.6 is 15.9 Å². The number of benzene rings is 1. The molecule has 0 fully saturated rings. The summed E-state index contributed by atoms with van der Waals surface area (Å²) in [4.78, 5) is 7.51. The Morgan fingerprint density at radius 1 is 1.42 bits per heavy atom. The first-order chi connectivity index (χ1) is 8.97. The van der Waals surface area contributed by atoms with Crippen LogP contribution in [0.5, 0.6) is 0 Å². The van der Waals surface area contributed by atoms with Gasteiger partial charge in [-0.05, 0) is 46.5 Å². The lowest BCUT2D eigenvalue weighted by molar-refractivity contribution is 0.496. The molecule has 1 unspecified atom stereocenters. The van der Waals surface area contributed by atoms with Crippen molar-refractivity contribution < 1.29 is 4.39 Å². The van der Waals surface area contributed by atoms with E-state index in [9.17, 15) is 4.39 Å². The van der Waals surface area contributed by atoms with Crippen LogP contribution in [0.1, 0.15) is 32.1 Å². The van der Waals surface area contributed by atoms with Crippen molar-refractivity contribution in [2.75, 3.05) is 0 Å². The number of aromatic nitrogens is 2. The van der Waals surface area contributed by atoms with Gasteiger partial charge in [-0.15, -0.1) is 0 Å². The van der Waals surface area contributed by atoms with Gasteiger partial charge in [0.05, 0.1) is 22.4 Å². The fourth-order valence-corrected chi connectivity index (χ4v) is 2.33. The third kappa shape index (κ3) is 3.42. The van der Waals surface area contributed by atoms with E-state index >= 15 is 0 Å². The van der Waals surface area contributed by atoms with E-state index < -0.39 is 0 Å². The van der Waals surface area contributed by atoms with Gasteiger partial charge >= 0.3 is 0 Å². The van der Waals surface area contributed by atoms with Gasteiger partial charge in [-0.25, -0.2) is 9.37 Å². The number of imidazole rings is 1. The smallest absolute Gasteiger partial charge is 0.137 e. The summed E-state index contributed by atoms with van der Waals surface area (Å²) < 4.78 is 13.6. The van der Waals surface area contributed by atoms with Gasteiger partial charge in [-0.2, -0.15) is 0 Å². The molecule has 0 aliphatic heterocycles.